The van der Waals surface area contributed by atoms with Crippen molar-refractivity contribution in [2.45, 2.75) is 32.2 Å². The first kappa shape index (κ1) is 21.2. The van der Waals surface area contributed by atoms with Gasteiger partial charge in [0.2, 0.25) is 0 Å². The van der Waals surface area contributed by atoms with Crippen LogP contribution in [-0.2, 0) is 13.1 Å². The van der Waals surface area contributed by atoms with Gasteiger partial charge in [0.1, 0.15) is 6.04 Å². The molecule has 2 aliphatic rings. The maximum Gasteiger partial charge on any atom is 0.408 e. The molecular weight excluding hydrogens is 415 g/mol. The first-order valence-electron chi connectivity index (χ1n) is 9.84. The van der Waals surface area contributed by atoms with Crippen LogP contribution in [0.2, 0.25) is 5.02 Å². The largest absolute Gasteiger partial charge is 0.408 e. The number of carbonyl (C=O) groups is 1. The molecule has 4 nitrogen and oxygen atoms in total. The number of rotatable bonds is 4. The number of halogens is 4. The van der Waals surface area contributed by atoms with Gasteiger partial charge >= 0.3 is 6.18 Å². The van der Waals surface area contributed by atoms with Crippen molar-refractivity contribution >= 4 is 17.5 Å². The molecule has 30 heavy (non-hydrogen) atoms. The average Bonchev–Trinajstić information content (AvgIpc) is 3.24. The topological polar surface area (TPSA) is 26.8 Å². The third-order valence-electron chi connectivity index (χ3n) is 5.86. The summed E-state index contributed by atoms with van der Waals surface area (Å²) in [7, 11) is 2.10. The van der Waals surface area contributed by atoms with E-state index in [-0.39, 0.29) is 17.1 Å². The molecule has 0 radical (unpaired) electrons. The van der Waals surface area contributed by atoms with Crippen LogP contribution in [-0.4, -0.2) is 59.6 Å². The highest BCUT2D eigenvalue weighted by Gasteiger charge is 2.45. The molecule has 1 fully saturated rings. The number of hydrogen-bond donors (Lipinski definition) is 0. The summed E-state index contributed by atoms with van der Waals surface area (Å²) >= 11 is 6.32. The van der Waals surface area contributed by atoms with Crippen molar-refractivity contribution < 1.29 is 18.0 Å². The van der Waals surface area contributed by atoms with Crippen molar-refractivity contribution in [1.82, 2.24) is 14.7 Å². The quantitative estimate of drug-likeness (QED) is 0.698. The number of alkyl halides is 3. The standard InChI is InChI=1S/C22H23ClF3N3O/c1-14(22(24,25)26)29-12-18-9-17(10-19(23)20(18)21(29)30)16-5-3-15(4-6-16)11-28-8-7-27(2)13-28/h3-6,9-10,14H,7-8,11-13H2,1-2H3. The van der Waals surface area contributed by atoms with Crippen LogP contribution in [0.1, 0.15) is 28.4 Å². The zero-order valence-electron chi connectivity index (χ0n) is 16.8. The molecule has 0 aliphatic carbocycles. The molecule has 8 heteroatoms. The number of nitrogens with zero attached hydrogens (tertiary/aromatic N) is 3. The van der Waals surface area contributed by atoms with Gasteiger partial charge in [0.05, 0.1) is 17.3 Å². The highest BCUT2D eigenvalue weighted by Crippen LogP contribution is 2.37. The lowest BCUT2D eigenvalue weighted by Crippen LogP contribution is -2.43. The molecule has 160 valence electrons. The summed E-state index contributed by atoms with van der Waals surface area (Å²) in [5, 5.41) is 0.188. The van der Waals surface area contributed by atoms with E-state index in [1.165, 1.54) is 5.56 Å². The second kappa shape index (κ2) is 7.87. The van der Waals surface area contributed by atoms with E-state index in [0.29, 0.717) is 5.56 Å². The van der Waals surface area contributed by atoms with Crippen LogP contribution in [0.5, 0.6) is 0 Å². The molecule has 0 aromatic heterocycles. The van der Waals surface area contributed by atoms with E-state index in [0.717, 1.165) is 49.3 Å². The van der Waals surface area contributed by atoms with Gasteiger partial charge in [-0.2, -0.15) is 13.2 Å². The Balaban J connectivity index is 1.55. The zero-order chi connectivity index (χ0) is 21.6. The van der Waals surface area contributed by atoms with Gasteiger partial charge in [-0.3, -0.25) is 14.6 Å². The second-order valence-electron chi connectivity index (χ2n) is 8.11. The fourth-order valence-corrected chi connectivity index (χ4v) is 4.39. The summed E-state index contributed by atoms with van der Waals surface area (Å²) in [6, 6.07) is 9.65. The Kier molecular flexibility index (Phi) is 5.55. The highest BCUT2D eigenvalue weighted by molar-refractivity contribution is 6.34. The minimum Gasteiger partial charge on any atom is -0.322 e. The minimum atomic E-state index is -4.48. The lowest BCUT2D eigenvalue weighted by molar-refractivity contribution is -0.172. The third-order valence-corrected chi connectivity index (χ3v) is 6.16. The first-order chi connectivity index (χ1) is 14.1. The summed E-state index contributed by atoms with van der Waals surface area (Å²) in [4.78, 5) is 18.0. The van der Waals surface area contributed by atoms with E-state index in [9.17, 15) is 18.0 Å². The molecule has 0 N–H and O–H groups in total. The Morgan fingerprint density at radius 1 is 1.10 bits per heavy atom. The molecule has 2 aromatic carbocycles. The predicted molar refractivity (Wildman–Crippen MR) is 110 cm³/mol. The fraction of sp³-hybridized carbons (Fsp3) is 0.409. The molecule has 0 saturated carbocycles. The molecule has 1 saturated heterocycles. The molecule has 0 spiro atoms. The Labute approximate surface area is 178 Å². The van der Waals surface area contributed by atoms with Crippen molar-refractivity contribution in [3.63, 3.8) is 0 Å². The van der Waals surface area contributed by atoms with Crippen LogP contribution >= 0.6 is 11.6 Å². The lowest BCUT2D eigenvalue weighted by atomic mass is 9.99. The smallest absolute Gasteiger partial charge is 0.322 e. The van der Waals surface area contributed by atoms with Crippen LogP contribution in [0.25, 0.3) is 11.1 Å². The number of likely N-dealkylation sites (N-methyl/N-ethyl adjacent to an activating group) is 1. The third kappa shape index (κ3) is 4.06. The van der Waals surface area contributed by atoms with Crippen molar-refractivity contribution in [3.8, 4) is 11.1 Å². The van der Waals surface area contributed by atoms with Gasteiger partial charge < -0.3 is 4.90 Å². The molecule has 1 atom stereocenters. The number of fused-ring (bicyclic) bond motifs is 1. The van der Waals surface area contributed by atoms with E-state index in [4.69, 9.17) is 11.6 Å². The molecule has 2 heterocycles. The van der Waals surface area contributed by atoms with Crippen LogP contribution in [0.4, 0.5) is 13.2 Å². The van der Waals surface area contributed by atoms with Crippen LogP contribution in [0.15, 0.2) is 36.4 Å². The molecule has 4 rings (SSSR count). The van der Waals surface area contributed by atoms with E-state index in [1.54, 1.807) is 12.1 Å². The fourth-order valence-electron chi connectivity index (χ4n) is 4.07. The van der Waals surface area contributed by atoms with E-state index >= 15 is 0 Å². The molecule has 1 unspecified atom stereocenters. The SMILES string of the molecule is CC(N1Cc2cc(-c3ccc(CN4CCN(C)C4)cc3)cc(Cl)c2C1=O)C(F)(F)F. The summed E-state index contributed by atoms with van der Waals surface area (Å²) < 4.78 is 39.3. The first-order valence-corrected chi connectivity index (χ1v) is 10.2. The maximum atomic E-state index is 13.1. The molecule has 2 aliphatic heterocycles. The van der Waals surface area contributed by atoms with E-state index in [2.05, 4.69) is 29.0 Å². The van der Waals surface area contributed by atoms with Gasteiger partial charge in [-0.15, -0.1) is 0 Å². The van der Waals surface area contributed by atoms with Crippen LogP contribution in [0, 0.1) is 0 Å². The molecule has 0 bridgehead atoms. The Morgan fingerprint density at radius 2 is 1.80 bits per heavy atom. The number of benzene rings is 2. The van der Waals surface area contributed by atoms with Crippen molar-refractivity contribution in [3.05, 3.63) is 58.1 Å². The van der Waals surface area contributed by atoms with Crippen molar-refractivity contribution in [2.75, 3.05) is 26.8 Å². The Hall–Kier alpha value is -2.09. The predicted octanol–water partition coefficient (Wildman–Crippen LogP) is 4.62. The molecular formula is C22H23ClF3N3O. The average molecular weight is 438 g/mol. The zero-order valence-corrected chi connectivity index (χ0v) is 17.6. The van der Waals surface area contributed by atoms with Gasteiger partial charge in [0.25, 0.3) is 5.91 Å². The van der Waals surface area contributed by atoms with Gasteiger partial charge in [0.15, 0.2) is 0 Å². The van der Waals surface area contributed by atoms with Crippen molar-refractivity contribution in [1.29, 1.82) is 0 Å². The number of amides is 1. The Morgan fingerprint density at radius 3 is 2.40 bits per heavy atom. The van der Waals surface area contributed by atoms with Crippen LogP contribution < -0.4 is 0 Å². The number of carbonyl (C=O) groups excluding carboxylic acids is 1. The van der Waals surface area contributed by atoms with E-state index in [1.807, 2.05) is 12.1 Å². The lowest BCUT2D eigenvalue weighted by Gasteiger charge is -2.26. The van der Waals surface area contributed by atoms with Gasteiger partial charge in [0, 0.05) is 26.2 Å². The summed E-state index contributed by atoms with van der Waals surface area (Å²) in [6.45, 7) is 4.82. The van der Waals surface area contributed by atoms with Crippen LogP contribution in [0.3, 0.4) is 0 Å². The molecule has 2 aromatic rings. The van der Waals surface area contributed by atoms with Crippen molar-refractivity contribution in [2.24, 2.45) is 0 Å². The number of hydrogen-bond acceptors (Lipinski definition) is 3. The maximum absolute atomic E-state index is 13.1. The Bertz CT molecular complexity index is 961. The monoisotopic (exact) mass is 437 g/mol. The van der Waals surface area contributed by atoms with Gasteiger partial charge in [-0.05, 0) is 48.4 Å². The van der Waals surface area contributed by atoms with E-state index < -0.39 is 18.1 Å². The van der Waals surface area contributed by atoms with Gasteiger partial charge in [-0.25, -0.2) is 0 Å². The molecule has 1 amide bonds. The second-order valence-corrected chi connectivity index (χ2v) is 8.52. The normalized spacial score (nSPS) is 18.9. The minimum absolute atomic E-state index is 0.0943. The summed E-state index contributed by atoms with van der Waals surface area (Å²) in [6.07, 6.45) is -4.48. The summed E-state index contributed by atoms with van der Waals surface area (Å²) in [5.74, 6) is -0.669. The summed E-state index contributed by atoms with van der Waals surface area (Å²) in [5.41, 5.74) is 3.60. The highest BCUT2D eigenvalue weighted by atomic mass is 35.5. The van der Waals surface area contributed by atoms with Gasteiger partial charge in [-0.1, -0.05) is 35.9 Å².